The van der Waals surface area contributed by atoms with Gasteiger partial charge < -0.3 is 5.32 Å². The zero-order valence-corrected chi connectivity index (χ0v) is 15.7. The Bertz CT molecular complexity index is 1020. The maximum Gasteiger partial charge on any atom is 0.242 e. The van der Waals surface area contributed by atoms with Crippen LogP contribution >= 0.6 is 11.3 Å². The molecule has 0 unspecified atom stereocenters. The van der Waals surface area contributed by atoms with Crippen molar-refractivity contribution in [1.82, 2.24) is 13.7 Å². The number of sulfonamides is 1. The molecule has 9 heteroatoms. The van der Waals surface area contributed by atoms with Crippen molar-refractivity contribution in [2.75, 3.05) is 19.4 Å². The van der Waals surface area contributed by atoms with Crippen molar-refractivity contribution in [2.24, 2.45) is 0 Å². The molecule has 7 nitrogen and oxygen atoms in total. The van der Waals surface area contributed by atoms with Gasteiger partial charge in [-0.15, -0.1) is 11.3 Å². The van der Waals surface area contributed by atoms with Crippen molar-refractivity contribution in [2.45, 2.75) is 18.2 Å². The Balaban J connectivity index is 1.71. The fourth-order valence-electron chi connectivity index (χ4n) is 2.36. The number of aromatic nitrogens is 2. The van der Waals surface area contributed by atoms with E-state index in [2.05, 4.69) is 10.3 Å². The van der Waals surface area contributed by atoms with Crippen LogP contribution in [0.1, 0.15) is 11.4 Å². The third kappa shape index (κ3) is 3.58. The zero-order valence-electron chi connectivity index (χ0n) is 14.1. The second-order valence-electron chi connectivity index (χ2n) is 5.80. The van der Waals surface area contributed by atoms with Crippen LogP contribution in [0.3, 0.4) is 0 Å². The minimum absolute atomic E-state index is 0.172. The Hall–Kier alpha value is -2.23. The molecule has 0 aliphatic heterocycles. The number of hydrogen-bond acceptors (Lipinski definition) is 5. The minimum Gasteiger partial charge on any atom is -0.326 e. The van der Waals surface area contributed by atoms with Crippen LogP contribution in [0.15, 0.2) is 40.7 Å². The molecule has 3 aromatic rings. The highest BCUT2D eigenvalue weighted by Crippen LogP contribution is 2.19. The van der Waals surface area contributed by atoms with Crippen molar-refractivity contribution >= 4 is 37.9 Å². The number of imidazole rings is 1. The molecule has 1 aromatic carbocycles. The van der Waals surface area contributed by atoms with Crippen LogP contribution in [-0.4, -0.2) is 42.1 Å². The summed E-state index contributed by atoms with van der Waals surface area (Å²) in [5.74, 6) is -0.172. The van der Waals surface area contributed by atoms with Crippen LogP contribution in [0.2, 0.25) is 0 Å². The molecule has 132 valence electrons. The van der Waals surface area contributed by atoms with Gasteiger partial charge in [0.1, 0.15) is 0 Å². The van der Waals surface area contributed by atoms with Crippen LogP contribution in [-0.2, 0) is 21.2 Å². The number of benzene rings is 1. The molecule has 0 saturated heterocycles. The number of nitrogens with one attached hydrogen (secondary N) is 1. The van der Waals surface area contributed by atoms with E-state index in [0.717, 1.165) is 20.7 Å². The summed E-state index contributed by atoms with van der Waals surface area (Å²) in [5, 5.41) is 4.69. The molecule has 0 fully saturated rings. The first-order valence-corrected chi connectivity index (χ1v) is 9.84. The summed E-state index contributed by atoms with van der Waals surface area (Å²) in [6, 6.07) is 6.12. The van der Waals surface area contributed by atoms with Gasteiger partial charge in [-0.3, -0.25) is 9.20 Å². The molecule has 2 aromatic heterocycles. The monoisotopic (exact) mass is 378 g/mol. The average Bonchev–Trinajstić information content (AvgIpc) is 3.08. The van der Waals surface area contributed by atoms with Gasteiger partial charge in [0, 0.05) is 37.1 Å². The lowest BCUT2D eigenvalue weighted by molar-refractivity contribution is -0.115. The first-order valence-electron chi connectivity index (χ1n) is 7.52. The van der Waals surface area contributed by atoms with Crippen molar-refractivity contribution in [3.8, 4) is 0 Å². The quantitative estimate of drug-likeness (QED) is 0.737. The molecular formula is C16H18N4O3S2. The standard InChI is InChI=1S/C16H18N4O3S2/c1-11-9-20-13(10-24-16(20)17-11)8-15(21)18-12-4-6-14(7-5-12)25(22,23)19(2)3/h4-7,9-10H,8H2,1-3H3,(H,18,21). The van der Waals surface area contributed by atoms with Gasteiger partial charge in [-0.25, -0.2) is 17.7 Å². The second kappa shape index (κ2) is 6.58. The highest BCUT2D eigenvalue weighted by molar-refractivity contribution is 7.89. The number of amides is 1. The van der Waals surface area contributed by atoms with Gasteiger partial charge in [0.15, 0.2) is 4.96 Å². The van der Waals surface area contributed by atoms with Crippen LogP contribution in [0.4, 0.5) is 5.69 Å². The number of fused-ring (bicyclic) bond motifs is 1. The van der Waals surface area contributed by atoms with E-state index < -0.39 is 10.0 Å². The molecule has 0 radical (unpaired) electrons. The first kappa shape index (κ1) is 17.6. The summed E-state index contributed by atoms with van der Waals surface area (Å²) in [6.45, 7) is 1.91. The van der Waals surface area contributed by atoms with E-state index in [0.29, 0.717) is 5.69 Å². The number of rotatable bonds is 5. The van der Waals surface area contributed by atoms with Gasteiger partial charge in [-0.1, -0.05) is 0 Å². The van der Waals surface area contributed by atoms with Gasteiger partial charge in [-0.05, 0) is 31.2 Å². The van der Waals surface area contributed by atoms with Crippen LogP contribution in [0.5, 0.6) is 0 Å². The van der Waals surface area contributed by atoms with Gasteiger partial charge >= 0.3 is 0 Å². The average molecular weight is 378 g/mol. The largest absolute Gasteiger partial charge is 0.326 e. The maximum absolute atomic E-state index is 12.3. The first-order chi connectivity index (χ1) is 11.8. The van der Waals surface area contributed by atoms with E-state index in [1.165, 1.54) is 37.6 Å². The Labute approximate surface area is 150 Å². The van der Waals surface area contributed by atoms with E-state index in [1.54, 1.807) is 12.1 Å². The summed E-state index contributed by atoms with van der Waals surface area (Å²) in [7, 11) is -0.520. The highest BCUT2D eigenvalue weighted by atomic mass is 32.2. The van der Waals surface area contributed by atoms with Crippen LogP contribution in [0, 0.1) is 6.92 Å². The van der Waals surface area contributed by atoms with Gasteiger partial charge in [0.25, 0.3) is 0 Å². The molecule has 1 N–H and O–H groups in total. The zero-order chi connectivity index (χ0) is 18.2. The topological polar surface area (TPSA) is 83.8 Å². The predicted molar refractivity (Wildman–Crippen MR) is 97.5 cm³/mol. The molecule has 0 aliphatic rings. The Morgan fingerprint density at radius 3 is 2.60 bits per heavy atom. The molecule has 1 amide bonds. The van der Waals surface area contributed by atoms with Gasteiger partial charge in [-0.2, -0.15) is 0 Å². The molecule has 0 bridgehead atoms. The number of carbonyl (C=O) groups excluding carboxylic acids is 1. The molecule has 0 atom stereocenters. The summed E-state index contributed by atoms with van der Waals surface area (Å²) in [5.41, 5.74) is 2.33. The van der Waals surface area contributed by atoms with Crippen molar-refractivity contribution in [1.29, 1.82) is 0 Å². The van der Waals surface area contributed by atoms with E-state index in [-0.39, 0.29) is 17.2 Å². The Morgan fingerprint density at radius 2 is 1.96 bits per heavy atom. The number of anilines is 1. The smallest absolute Gasteiger partial charge is 0.242 e. The fourth-order valence-corrected chi connectivity index (χ4v) is 4.18. The number of carbonyl (C=O) groups is 1. The number of thiazole rings is 1. The molecule has 25 heavy (non-hydrogen) atoms. The summed E-state index contributed by atoms with van der Waals surface area (Å²) < 4.78 is 27.1. The Kier molecular flexibility index (Phi) is 4.63. The van der Waals surface area contributed by atoms with Crippen LogP contribution in [0.25, 0.3) is 4.96 Å². The normalized spacial score (nSPS) is 12.0. The predicted octanol–water partition coefficient (Wildman–Crippen LogP) is 2.14. The lowest BCUT2D eigenvalue weighted by Crippen LogP contribution is -2.22. The highest BCUT2D eigenvalue weighted by Gasteiger charge is 2.17. The third-order valence-electron chi connectivity index (χ3n) is 3.66. The number of nitrogens with zero attached hydrogens (tertiary/aromatic N) is 3. The lowest BCUT2D eigenvalue weighted by Gasteiger charge is -2.12. The molecule has 2 heterocycles. The van der Waals surface area contributed by atoms with E-state index in [1.807, 2.05) is 22.9 Å². The maximum atomic E-state index is 12.3. The minimum atomic E-state index is -3.47. The van der Waals surface area contributed by atoms with Crippen molar-refractivity contribution in [3.05, 3.63) is 47.2 Å². The summed E-state index contributed by atoms with van der Waals surface area (Å²) >= 11 is 1.49. The number of hydrogen-bond donors (Lipinski definition) is 1. The van der Waals surface area contributed by atoms with Gasteiger partial charge in [0.05, 0.1) is 17.0 Å². The second-order valence-corrected chi connectivity index (χ2v) is 8.79. The summed E-state index contributed by atoms with van der Waals surface area (Å²) in [6.07, 6.45) is 2.11. The Morgan fingerprint density at radius 1 is 1.28 bits per heavy atom. The lowest BCUT2D eigenvalue weighted by atomic mass is 10.3. The van der Waals surface area contributed by atoms with E-state index >= 15 is 0 Å². The molecular weight excluding hydrogens is 360 g/mol. The van der Waals surface area contributed by atoms with Crippen molar-refractivity contribution in [3.63, 3.8) is 0 Å². The fraction of sp³-hybridized carbons (Fsp3) is 0.250. The number of aryl methyl sites for hydroxylation is 1. The SMILES string of the molecule is Cc1cn2c(CC(=O)Nc3ccc(S(=O)(=O)N(C)C)cc3)csc2n1. The molecule has 0 aliphatic carbocycles. The third-order valence-corrected chi connectivity index (χ3v) is 6.38. The summed E-state index contributed by atoms with van der Waals surface area (Å²) in [4.78, 5) is 17.7. The molecule has 0 saturated carbocycles. The van der Waals surface area contributed by atoms with E-state index in [9.17, 15) is 13.2 Å². The molecule has 3 rings (SSSR count). The molecule has 0 spiro atoms. The van der Waals surface area contributed by atoms with Crippen LogP contribution < -0.4 is 5.32 Å². The van der Waals surface area contributed by atoms with E-state index in [4.69, 9.17) is 0 Å². The van der Waals surface area contributed by atoms with Crippen molar-refractivity contribution < 1.29 is 13.2 Å². The van der Waals surface area contributed by atoms with Gasteiger partial charge in [0.2, 0.25) is 15.9 Å².